The summed E-state index contributed by atoms with van der Waals surface area (Å²) in [6.45, 7) is 4.30. The molecule has 1 heterocycles. The third-order valence-electron chi connectivity index (χ3n) is 2.76. The minimum atomic E-state index is -0.368. The molecule has 0 amide bonds. The van der Waals surface area contributed by atoms with Gasteiger partial charge in [-0.3, -0.25) is 0 Å². The molecule has 0 saturated heterocycles. The number of rotatable bonds is 6. The Morgan fingerprint density at radius 1 is 1.05 bits per heavy atom. The van der Waals surface area contributed by atoms with Gasteiger partial charge in [0.1, 0.15) is 11.4 Å². The number of hydrogen-bond donors (Lipinski definition) is 0. The fraction of sp³-hybridized carbons (Fsp3) is 0.467. The smallest absolute Gasteiger partial charge is 0.188 e. The Kier molecular flexibility index (Phi) is 4.52. The van der Waals surface area contributed by atoms with Gasteiger partial charge in [0.2, 0.25) is 0 Å². The van der Waals surface area contributed by atoms with Gasteiger partial charge in [-0.05, 0) is 26.0 Å². The predicted molar refractivity (Wildman–Crippen MR) is 75.2 cm³/mol. The third kappa shape index (κ3) is 3.43. The molecule has 0 unspecified atom stereocenters. The van der Waals surface area contributed by atoms with Crippen molar-refractivity contribution in [3.63, 3.8) is 0 Å². The van der Waals surface area contributed by atoms with E-state index in [2.05, 4.69) is 0 Å². The van der Waals surface area contributed by atoms with Crippen molar-refractivity contribution < 1.29 is 23.7 Å². The van der Waals surface area contributed by atoms with Gasteiger partial charge in [-0.25, -0.2) is 0 Å². The SMILES string of the molecule is COCOc1cc2c(c(OCOC)c1)OC(C)(C)C=C2. The van der Waals surface area contributed by atoms with Crippen molar-refractivity contribution >= 4 is 6.08 Å². The van der Waals surface area contributed by atoms with Gasteiger partial charge < -0.3 is 23.7 Å². The summed E-state index contributed by atoms with van der Waals surface area (Å²) in [6, 6.07) is 3.66. The van der Waals surface area contributed by atoms with Crippen LogP contribution in [-0.2, 0) is 9.47 Å². The molecule has 5 nitrogen and oxygen atoms in total. The number of benzene rings is 1. The Bertz CT molecular complexity index is 493. The molecule has 0 fully saturated rings. The Hall–Kier alpha value is -1.72. The number of ether oxygens (including phenoxy) is 5. The largest absolute Gasteiger partial charge is 0.479 e. The van der Waals surface area contributed by atoms with Crippen LogP contribution in [0.2, 0.25) is 0 Å². The predicted octanol–water partition coefficient (Wildman–Crippen LogP) is 2.84. The van der Waals surface area contributed by atoms with E-state index in [-0.39, 0.29) is 19.2 Å². The molecular formula is C15H20O5. The molecule has 0 radical (unpaired) electrons. The zero-order valence-corrected chi connectivity index (χ0v) is 12.3. The van der Waals surface area contributed by atoms with E-state index in [0.29, 0.717) is 17.2 Å². The number of hydrogen-bond acceptors (Lipinski definition) is 5. The Morgan fingerprint density at radius 3 is 2.45 bits per heavy atom. The summed E-state index contributed by atoms with van der Waals surface area (Å²) in [7, 11) is 3.15. The molecule has 0 aliphatic carbocycles. The highest BCUT2D eigenvalue weighted by molar-refractivity contribution is 5.67. The summed E-state index contributed by atoms with van der Waals surface area (Å²) in [5.41, 5.74) is 0.539. The number of methoxy groups -OCH3 is 2. The molecule has 0 aromatic heterocycles. The topological polar surface area (TPSA) is 46.2 Å². The molecule has 0 atom stereocenters. The molecule has 0 saturated carbocycles. The first-order chi connectivity index (χ1) is 9.55. The quantitative estimate of drug-likeness (QED) is 0.750. The summed E-state index contributed by atoms with van der Waals surface area (Å²) in [5, 5.41) is 0. The van der Waals surface area contributed by atoms with Crippen LogP contribution in [0.5, 0.6) is 17.2 Å². The molecule has 1 aromatic carbocycles. The third-order valence-corrected chi connectivity index (χ3v) is 2.76. The van der Waals surface area contributed by atoms with Crippen molar-refractivity contribution in [2.75, 3.05) is 27.8 Å². The lowest BCUT2D eigenvalue weighted by Gasteiger charge is -2.29. The van der Waals surface area contributed by atoms with Crippen LogP contribution in [-0.4, -0.2) is 33.4 Å². The summed E-state index contributed by atoms with van der Waals surface area (Å²) in [4.78, 5) is 0. The lowest BCUT2D eigenvalue weighted by molar-refractivity contribution is 0.0417. The van der Waals surface area contributed by atoms with Crippen molar-refractivity contribution in [1.82, 2.24) is 0 Å². The minimum absolute atomic E-state index is 0.147. The second kappa shape index (κ2) is 6.15. The second-order valence-electron chi connectivity index (χ2n) is 4.98. The van der Waals surface area contributed by atoms with Crippen molar-refractivity contribution in [2.45, 2.75) is 19.4 Å². The minimum Gasteiger partial charge on any atom is -0.479 e. The maximum Gasteiger partial charge on any atom is 0.188 e. The van der Waals surface area contributed by atoms with Crippen LogP contribution >= 0.6 is 0 Å². The van der Waals surface area contributed by atoms with Gasteiger partial charge in [-0.2, -0.15) is 0 Å². The number of fused-ring (bicyclic) bond motifs is 1. The van der Waals surface area contributed by atoms with Crippen molar-refractivity contribution in [2.24, 2.45) is 0 Å². The molecule has 0 bridgehead atoms. The van der Waals surface area contributed by atoms with Crippen molar-refractivity contribution in [3.8, 4) is 17.2 Å². The molecule has 20 heavy (non-hydrogen) atoms. The van der Waals surface area contributed by atoms with E-state index in [1.165, 1.54) is 0 Å². The van der Waals surface area contributed by atoms with Crippen LogP contribution < -0.4 is 14.2 Å². The Labute approximate surface area is 119 Å². The summed E-state index contributed by atoms with van der Waals surface area (Å²) < 4.78 is 26.8. The highest BCUT2D eigenvalue weighted by Crippen LogP contribution is 2.41. The van der Waals surface area contributed by atoms with Crippen molar-refractivity contribution in [3.05, 3.63) is 23.8 Å². The van der Waals surface area contributed by atoms with Crippen LogP contribution in [0.15, 0.2) is 18.2 Å². The molecule has 5 heteroatoms. The lowest BCUT2D eigenvalue weighted by Crippen LogP contribution is -2.28. The van der Waals surface area contributed by atoms with Gasteiger partial charge in [0.25, 0.3) is 0 Å². The van der Waals surface area contributed by atoms with Gasteiger partial charge in [-0.1, -0.05) is 6.08 Å². The van der Waals surface area contributed by atoms with Gasteiger partial charge in [0, 0.05) is 25.8 Å². The summed E-state index contributed by atoms with van der Waals surface area (Å²) in [6.07, 6.45) is 3.99. The maximum atomic E-state index is 5.95. The lowest BCUT2D eigenvalue weighted by atomic mass is 10.0. The van der Waals surface area contributed by atoms with Crippen LogP contribution in [0.25, 0.3) is 6.08 Å². The second-order valence-corrected chi connectivity index (χ2v) is 4.98. The molecule has 110 valence electrons. The average molecular weight is 280 g/mol. The highest BCUT2D eigenvalue weighted by atomic mass is 16.7. The van der Waals surface area contributed by atoms with E-state index in [0.717, 1.165) is 5.56 Å². The van der Waals surface area contributed by atoms with E-state index in [4.69, 9.17) is 23.7 Å². The van der Waals surface area contributed by atoms with E-state index in [9.17, 15) is 0 Å². The van der Waals surface area contributed by atoms with Crippen LogP contribution in [0.1, 0.15) is 19.4 Å². The molecule has 0 N–H and O–H groups in total. The fourth-order valence-electron chi connectivity index (χ4n) is 1.86. The standard InChI is InChI=1S/C15H20O5/c1-15(2)6-5-11-7-12(18-9-16-3)8-13(14(11)20-15)19-10-17-4/h5-8H,9-10H2,1-4H3. The van der Waals surface area contributed by atoms with Crippen molar-refractivity contribution in [1.29, 1.82) is 0 Å². The molecule has 1 aromatic rings. The molecule has 0 spiro atoms. The average Bonchev–Trinajstić information content (AvgIpc) is 2.42. The van der Waals surface area contributed by atoms with Gasteiger partial charge >= 0.3 is 0 Å². The van der Waals surface area contributed by atoms with Gasteiger partial charge in [0.05, 0.1) is 0 Å². The van der Waals surface area contributed by atoms with Crippen LogP contribution in [0.3, 0.4) is 0 Å². The molecule has 2 rings (SSSR count). The Morgan fingerprint density at radius 2 is 1.75 bits per heavy atom. The first kappa shape index (κ1) is 14.7. The van der Waals surface area contributed by atoms with Gasteiger partial charge in [-0.15, -0.1) is 0 Å². The van der Waals surface area contributed by atoms with Crippen LogP contribution in [0.4, 0.5) is 0 Å². The first-order valence-corrected chi connectivity index (χ1v) is 6.35. The first-order valence-electron chi connectivity index (χ1n) is 6.35. The zero-order chi connectivity index (χ0) is 14.6. The van der Waals surface area contributed by atoms with E-state index in [1.807, 2.05) is 32.1 Å². The maximum absolute atomic E-state index is 5.95. The van der Waals surface area contributed by atoms with Crippen LogP contribution in [0, 0.1) is 0 Å². The molecule has 1 aliphatic rings. The normalized spacial score (nSPS) is 15.4. The molecular weight excluding hydrogens is 260 g/mol. The monoisotopic (exact) mass is 280 g/mol. The Balaban J connectivity index is 2.34. The molecule has 1 aliphatic heterocycles. The van der Waals surface area contributed by atoms with Gasteiger partial charge in [0.15, 0.2) is 25.1 Å². The highest BCUT2D eigenvalue weighted by Gasteiger charge is 2.25. The summed E-state index contributed by atoms with van der Waals surface area (Å²) >= 11 is 0. The van der Waals surface area contributed by atoms with E-state index in [1.54, 1.807) is 20.3 Å². The summed E-state index contributed by atoms with van der Waals surface area (Å²) in [5.74, 6) is 1.94. The fourth-order valence-corrected chi connectivity index (χ4v) is 1.86. The zero-order valence-electron chi connectivity index (χ0n) is 12.3. The van der Waals surface area contributed by atoms with E-state index < -0.39 is 0 Å². The van der Waals surface area contributed by atoms with E-state index >= 15 is 0 Å².